The summed E-state index contributed by atoms with van der Waals surface area (Å²) < 4.78 is 0. The maximum atomic E-state index is 4.83. The quantitative estimate of drug-likeness (QED) is 0.733. The van der Waals surface area contributed by atoms with Gasteiger partial charge in [0.1, 0.15) is 5.82 Å². The molecule has 0 unspecified atom stereocenters. The minimum absolute atomic E-state index is 0.412. The van der Waals surface area contributed by atoms with Gasteiger partial charge in [-0.3, -0.25) is 0 Å². The molecule has 3 heteroatoms. The Hall–Kier alpha value is -1.35. The molecule has 20 heavy (non-hydrogen) atoms. The Labute approximate surface area is 124 Å². The molecule has 0 spiro atoms. The molecule has 0 aromatic carbocycles. The summed E-state index contributed by atoms with van der Waals surface area (Å²) in [5, 5.41) is 3.39. The van der Waals surface area contributed by atoms with E-state index in [-0.39, 0.29) is 0 Å². The van der Waals surface area contributed by atoms with Gasteiger partial charge in [-0.15, -0.1) is 6.58 Å². The Morgan fingerprint density at radius 3 is 2.50 bits per heavy atom. The monoisotopic (exact) mass is 275 g/mol. The number of hydrogen-bond acceptors (Lipinski definition) is 3. The molecule has 0 atom stereocenters. The summed E-state index contributed by atoms with van der Waals surface area (Å²) in [6.07, 6.45) is 1.94. The average Bonchev–Trinajstić information content (AvgIpc) is 2.41. The summed E-state index contributed by atoms with van der Waals surface area (Å²) >= 11 is 0. The van der Waals surface area contributed by atoms with E-state index in [0.717, 1.165) is 31.1 Å². The van der Waals surface area contributed by atoms with Gasteiger partial charge in [0.2, 0.25) is 0 Å². The SMILES string of the molecule is C=CCN(c1cc(CNCC)cc(C(C)C)n1)C(C)C. The van der Waals surface area contributed by atoms with Gasteiger partial charge >= 0.3 is 0 Å². The second kappa shape index (κ2) is 8.05. The Kier molecular flexibility index (Phi) is 6.73. The third-order valence-corrected chi connectivity index (χ3v) is 3.31. The maximum Gasteiger partial charge on any atom is 0.129 e. The summed E-state index contributed by atoms with van der Waals surface area (Å²) in [6.45, 7) is 17.5. The fraction of sp³-hybridized carbons (Fsp3) is 0.588. The van der Waals surface area contributed by atoms with Crippen LogP contribution in [0.15, 0.2) is 24.8 Å². The summed E-state index contributed by atoms with van der Waals surface area (Å²) in [4.78, 5) is 7.12. The molecule has 1 aromatic rings. The highest BCUT2D eigenvalue weighted by Gasteiger charge is 2.13. The van der Waals surface area contributed by atoms with Gasteiger partial charge in [0.25, 0.3) is 0 Å². The molecule has 3 nitrogen and oxygen atoms in total. The number of rotatable bonds is 8. The smallest absolute Gasteiger partial charge is 0.129 e. The van der Waals surface area contributed by atoms with Crippen LogP contribution in [0.5, 0.6) is 0 Å². The summed E-state index contributed by atoms with van der Waals surface area (Å²) in [7, 11) is 0. The zero-order valence-corrected chi connectivity index (χ0v) is 13.6. The van der Waals surface area contributed by atoms with Gasteiger partial charge in [-0.2, -0.15) is 0 Å². The van der Waals surface area contributed by atoms with E-state index in [2.05, 4.69) is 63.5 Å². The zero-order chi connectivity index (χ0) is 15.1. The van der Waals surface area contributed by atoms with Crippen molar-refractivity contribution in [2.24, 2.45) is 0 Å². The molecule has 0 amide bonds. The molecule has 0 aliphatic heterocycles. The molecule has 0 bridgehead atoms. The summed E-state index contributed by atoms with van der Waals surface area (Å²) in [6, 6.07) is 4.82. The highest BCUT2D eigenvalue weighted by Crippen LogP contribution is 2.22. The molecular formula is C17H29N3. The molecule has 1 aromatic heterocycles. The standard InChI is InChI=1S/C17H29N3/c1-7-9-20(14(5)6)17-11-15(12-18-8-2)10-16(19-17)13(3)4/h7,10-11,13-14,18H,1,8-9,12H2,2-6H3. The molecule has 0 saturated heterocycles. The minimum Gasteiger partial charge on any atom is -0.350 e. The van der Waals surface area contributed by atoms with Crippen molar-refractivity contribution in [3.8, 4) is 0 Å². The van der Waals surface area contributed by atoms with Crippen LogP contribution in [0, 0.1) is 0 Å². The van der Waals surface area contributed by atoms with Gasteiger partial charge in [0, 0.05) is 24.8 Å². The Balaban J connectivity index is 3.14. The topological polar surface area (TPSA) is 28.2 Å². The van der Waals surface area contributed by atoms with Crippen molar-refractivity contribution in [3.05, 3.63) is 36.0 Å². The third kappa shape index (κ3) is 4.64. The van der Waals surface area contributed by atoms with E-state index in [1.54, 1.807) is 0 Å². The van der Waals surface area contributed by atoms with E-state index in [4.69, 9.17) is 4.98 Å². The highest BCUT2D eigenvalue weighted by atomic mass is 15.2. The Bertz CT molecular complexity index is 424. The lowest BCUT2D eigenvalue weighted by Gasteiger charge is -2.28. The van der Waals surface area contributed by atoms with Crippen LogP contribution in [0.25, 0.3) is 0 Å². The van der Waals surface area contributed by atoms with Crippen molar-refractivity contribution in [2.75, 3.05) is 18.0 Å². The van der Waals surface area contributed by atoms with Gasteiger partial charge in [0.15, 0.2) is 0 Å². The predicted molar refractivity (Wildman–Crippen MR) is 88.4 cm³/mol. The molecule has 0 saturated carbocycles. The normalized spacial score (nSPS) is 11.2. The fourth-order valence-corrected chi connectivity index (χ4v) is 2.12. The molecule has 0 aliphatic rings. The molecule has 0 fully saturated rings. The van der Waals surface area contributed by atoms with Crippen molar-refractivity contribution in [1.29, 1.82) is 0 Å². The summed E-state index contributed by atoms with van der Waals surface area (Å²) in [5.74, 6) is 1.49. The van der Waals surface area contributed by atoms with Gasteiger partial charge in [-0.05, 0) is 44.0 Å². The van der Waals surface area contributed by atoms with Gasteiger partial charge in [0.05, 0.1) is 0 Å². The van der Waals surface area contributed by atoms with Crippen LogP contribution in [0.1, 0.15) is 51.8 Å². The van der Waals surface area contributed by atoms with Crippen LogP contribution in [0.4, 0.5) is 5.82 Å². The van der Waals surface area contributed by atoms with E-state index in [0.29, 0.717) is 12.0 Å². The second-order valence-corrected chi connectivity index (χ2v) is 5.73. The molecule has 112 valence electrons. The first-order chi connectivity index (χ1) is 9.49. The van der Waals surface area contributed by atoms with Gasteiger partial charge in [-0.25, -0.2) is 4.98 Å². The lowest BCUT2D eigenvalue weighted by atomic mass is 10.1. The van der Waals surface area contributed by atoms with Crippen molar-refractivity contribution in [1.82, 2.24) is 10.3 Å². The lowest BCUT2D eigenvalue weighted by Crippen LogP contribution is -2.32. The van der Waals surface area contributed by atoms with Crippen molar-refractivity contribution in [2.45, 2.75) is 53.1 Å². The molecule has 1 rings (SSSR count). The molecular weight excluding hydrogens is 246 g/mol. The van der Waals surface area contributed by atoms with E-state index < -0.39 is 0 Å². The second-order valence-electron chi connectivity index (χ2n) is 5.73. The molecule has 0 aliphatic carbocycles. The minimum atomic E-state index is 0.412. The first-order valence-electron chi connectivity index (χ1n) is 7.58. The number of nitrogens with one attached hydrogen (secondary N) is 1. The number of hydrogen-bond donors (Lipinski definition) is 1. The summed E-state index contributed by atoms with van der Waals surface area (Å²) in [5.41, 5.74) is 2.46. The molecule has 1 N–H and O–H groups in total. The number of pyridine rings is 1. The van der Waals surface area contributed by atoms with Crippen LogP contribution < -0.4 is 10.2 Å². The maximum absolute atomic E-state index is 4.83. The molecule has 0 radical (unpaired) electrons. The van der Waals surface area contributed by atoms with Crippen LogP contribution in [-0.2, 0) is 6.54 Å². The third-order valence-electron chi connectivity index (χ3n) is 3.31. The van der Waals surface area contributed by atoms with E-state index in [1.807, 2.05) is 6.08 Å². The van der Waals surface area contributed by atoms with Crippen LogP contribution >= 0.6 is 0 Å². The number of aromatic nitrogens is 1. The van der Waals surface area contributed by atoms with Crippen LogP contribution in [-0.4, -0.2) is 24.1 Å². The number of nitrogens with zero attached hydrogens (tertiary/aromatic N) is 2. The first kappa shape index (κ1) is 16.7. The van der Waals surface area contributed by atoms with Gasteiger partial charge in [-0.1, -0.05) is 26.8 Å². The Morgan fingerprint density at radius 2 is 2.00 bits per heavy atom. The first-order valence-corrected chi connectivity index (χ1v) is 7.58. The lowest BCUT2D eigenvalue weighted by molar-refractivity contribution is 0.693. The van der Waals surface area contributed by atoms with E-state index in [1.165, 1.54) is 5.56 Å². The fourth-order valence-electron chi connectivity index (χ4n) is 2.12. The van der Waals surface area contributed by atoms with Crippen molar-refractivity contribution >= 4 is 5.82 Å². The van der Waals surface area contributed by atoms with Crippen molar-refractivity contribution in [3.63, 3.8) is 0 Å². The van der Waals surface area contributed by atoms with Crippen molar-refractivity contribution < 1.29 is 0 Å². The van der Waals surface area contributed by atoms with E-state index >= 15 is 0 Å². The zero-order valence-electron chi connectivity index (χ0n) is 13.6. The molecule has 1 heterocycles. The predicted octanol–water partition coefficient (Wildman–Crippen LogP) is 3.72. The number of anilines is 1. The van der Waals surface area contributed by atoms with Crippen LogP contribution in [0.2, 0.25) is 0 Å². The van der Waals surface area contributed by atoms with Gasteiger partial charge < -0.3 is 10.2 Å². The van der Waals surface area contributed by atoms with Crippen LogP contribution in [0.3, 0.4) is 0 Å². The largest absolute Gasteiger partial charge is 0.350 e. The average molecular weight is 275 g/mol. The Morgan fingerprint density at radius 1 is 1.30 bits per heavy atom. The highest BCUT2D eigenvalue weighted by molar-refractivity contribution is 5.44. The van der Waals surface area contributed by atoms with E-state index in [9.17, 15) is 0 Å².